The molecule has 1 saturated heterocycles. The van der Waals surface area contributed by atoms with Crippen molar-refractivity contribution in [2.24, 2.45) is 0 Å². The average Bonchev–Trinajstić information content (AvgIpc) is 3.31. The molecule has 1 saturated carbocycles. The largest absolute Gasteiger partial charge is 0.351 e. The number of thiophene rings is 1. The number of fused-ring (bicyclic) bond motifs is 3. The Labute approximate surface area is 201 Å². The van der Waals surface area contributed by atoms with E-state index in [0.717, 1.165) is 54.8 Å². The van der Waals surface area contributed by atoms with Crippen LogP contribution in [0.3, 0.4) is 0 Å². The van der Waals surface area contributed by atoms with E-state index in [-0.39, 0.29) is 17.9 Å². The number of piperidine rings is 1. The first-order valence-electron chi connectivity index (χ1n) is 13.0. The van der Waals surface area contributed by atoms with Gasteiger partial charge in [-0.15, -0.1) is 11.3 Å². The maximum absolute atomic E-state index is 13.8. The van der Waals surface area contributed by atoms with Gasteiger partial charge in [-0.2, -0.15) is 0 Å². The van der Waals surface area contributed by atoms with Crippen molar-refractivity contribution in [3.8, 4) is 0 Å². The number of aromatic nitrogens is 1. The Bertz CT molecular complexity index is 984. The summed E-state index contributed by atoms with van der Waals surface area (Å²) in [5, 5.41) is 5.44. The maximum atomic E-state index is 13.8. The molecule has 7 heteroatoms. The van der Waals surface area contributed by atoms with Crippen LogP contribution in [0.4, 0.5) is 0 Å². The minimum absolute atomic E-state index is 0.00168. The number of likely N-dealkylation sites (tertiary alicyclic amines) is 1. The number of carbonyl (C=O) groups is 2. The second kappa shape index (κ2) is 9.79. The van der Waals surface area contributed by atoms with Gasteiger partial charge in [-0.1, -0.05) is 32.1 Å². The molecule has 0 bridgehead atoms. The van der Waals surface area contributed by atoms with Crippen LogP contribution in [0.15, 0.2) is 17.5 Å². The fourth-order valence-electron chi connectivity index (χ4n) is 6.02. The molecule has 0 unspecified atom stereocenters. The van der Waals surface area contributed by atoms with Gasteiger partial charge in [0.1, 0.15) is 11.2 Å². The van der Waals surface area contributed by atoms with E-state index in [2.05, 4.69) is 26.2 Å². The zero-order valence-electron chi connectivity index (χ0n) is 20.0. The van der Waals surface area contributed by atoms with Gasteiger partial charge in [0, 0.05) is 12.6 Å². The highest BCUT2D eigenvalue weighted by atomic mass is 32.1. The Morgan fingerprint density at radius 3 is 2.58 bits per heavy atom. The molecule has 0 aromatic carbocycles. The van der Waals surface area contributed by atoms with Crippen LogP contribution in [-0.4, -0.2) is 63.9 Å². The molecular weight excluding hydrogens is 432 g/mol. The second-order valence-electron chi connectivity index (χ2n) is 10.4. The number of nitrogens with zero attached hydrogens (tertiary/aromatic N) is 3. The topological polar surface area (TPSA) is 57.6 Å². The van der Waals surface area contributed by atoms with Gasteiger partial charge in [-0.3, -0.25) is 9.59 Å². The molecule has 1 N–H and O–H groups in total. The fraction of sp³-hybridized carbons (Fsp3) is 0.692. The quantitative estimate of drug-likeness (QED) is 0.626. The normalized spacial score (nSPS) is 25.2. The summed E-state index contributed by atoms with van der Waals surface area (Å²) in [5.74, 6) is 0.0188. The monoisotopic (exact) mass is 470 g/mol. The summed E-state index contributed by atoms with van der Waals surface area (Å²) >= 11 is 1.66. The van der Waals surface area contributed by atoms with Gasteiger partial charge in [-0.05, 0) is 76.2 Å². The van der Waals surface area contributed by atoms with Crippen LogP contribution in [0.2, 0.25) is 0 Å². The van der Waals surface area contributed by atoms with Gasteiger partial charge in [0.25, 0.3) is 5.91 Å². The lowest BCUT2D eigenvalue weighted by atomic mass is 9.93. The summed E-state index contributed by atoms with van der Waals surface area (Å²) in [4.78, 5) is 32.0. The molecule has 33 heavy (non-hydrogen) atoms. The molecule has 0 radical (unpaired) electrons. The highest BCUT2D eigenvalue weighted by Gasteiger charge is 2.48. The first-order valence-corrected chi connectivity index (χ1v) is 13.9. The second-order valence-corrected chi connectivity index (χ2v) is 11.4. The molecule has 180 valence electrons. The van der Waals surface area contributed by atoms with E-state index in [4.69, 9.17) is 0 Å². The molecule has 4 heterocycles. The predicted octanol–water partition coefficient (Wildman–Crippen LogP) is 4.63. The Balaban J connectivity index is 1.38. The third-order valence-electron chi connectivity index (χ3n) is 8.03. The average molecular weight is 471 g/mol. The zero-order chi connectivity index (χ0) is 22.8. The number of rotatable bonds is 6. The van der Waals surface area contributed by atoms with Gasteiger partial charge in [0.2, 0.25) is 5.91 Å². The standard InChI is InChI=1S/C26H38N4O2S/c1-26(25(32)27-20-10-5-2-3-6-11-20)19-29-21-12-17-33-23(21)18-22(29)24(31)30(26)16-9-15-28-13-7-4-8-14-28/h12,17-18,20H,2-11,13-16,19H2,1H3,(H,27,32)/t26-/m0/s1. The van der Waals surface area contributed by atoms with Gasteiger partial charge in [0.05, 0.1) is 16.8 Å². The third kappa shape index (κ3) is 4.59. The number of hydrogen-bond acceptors (Lipinski definition) is 4. The lowest BCUT2D eigenvalue weighted by molar-refractivity contribution is -0.133. The minimum atomic E-state index is -0.869. The van der Waals surface area contributed by atoms with Crippen molar-refractivity contribution in [3.63, 3.8) is 0 Å². The van der Waals surface area contributed by atoms with E-state index in [9.17, 15) is 9.59 Å². The molecule has 0 spiro atoms. The van der Waals surface area contributed by atoms with Crippen LogP contribution in [0.1, 0.15) is 81.6 Å². The first-order chi connectivity index (χ1) is 16.1. The summed E-state index contributed by atoms with van der Waals surface area (Å²) in [6.07, 6.45) is 11.8. The maximum Gasteiger partial charge on any atom is 0.271 e. The summed E-state index contributed by atoms with van der Waals surface area (Å²) in [5.41, 5.74) is 0.936. The molecule has 1 atom stereocenters. The highest BCUT2D eigenvalue weighted by Crippen LogP contribution is 2.35. The van der Waals surface area contributed by atoms with E-state index in [1.165, 1.54) is 44.9 Å². The first kappa shape index (κ1) is 22.9. The van der Waals surface area contributed by atoms with Gasteiger partial charge in [0.15, 0.2) is 0 Å². The van der Waals surface area contributed by atoms with Crippen LogP contribution < -0.4 is 5.32 Å². The summed E-state index contributed by atoms with van der Waals surface area (Å²) in [7, 11) is 0. The number of hydrogen-bond donors (Lipinski definition) is 1. The van der Waals surface area contributed by atoms with Crippen LogP contribution in [0.25, 0.3) is 10.2 Å². The van der Waals surface area contributed by atoms with Crippen molar-refractivity contribution in [2.75, 3.05) is 26.2 Å². The molecular formula is C26H38N4O2S. The molecule has 2 aliphatic heterocycles. The Hall–Kier alpha value is -1.86. The van der Waals surface area contributed by atoms with Crippen molar-refractivity contribution < 1.29 is 9.59 Å². The Morgan fingerprint density at radius 2 is 1.82 bits per heavy atom. The van der Waals surface area contributed by atoms with E-state index in [1.807, 2.05) is 17.9 Å². The fourth-order valence-corrected chi connectivity index (χ4v) is 6.85. The highest BCUT2D eigenvalue weighted by molar-refractivity contribution is 7.17. The van der Waals surface area contributed by atoms with Crippen molar-refractivity contribution in [2.45, 2.75) is 89.3 Å². The number of amides is 2. The summed E-state index contributed by atoms with van der Waals surface area (Å²) in [6, 6.07) is 4.32. The van der Waals surface area contributed by atoms with E-state index < -0.39 is 5.54 Å². The van der Waals surface area contributed by atoms with Crippen molar-refractivity contribution in [3.05, 3.63) is 23.2 Å². The van der Waals surface area contributed by atoms with Crippen molar-refractivity contribution in [1.82, 2.24) is 19.7 Å². The van der Waals surface area contributed by atoms with Crippen LogP contribution in [0, 0.1) is 0 Å². The summed E-state index contributed by atoms with van der Waals surface area (Å²) in [6.45, 7) is 6.46. The van der Waals surface area contributed by atoms with Crippen LogP contribution in [-0.2, 0) is 11.3 Å². The Kier molecular flexibility index (Phi) is 6.79. The van der Waals surface area contributed by atoms with E-state index >= 15 is 0 Å². The SMILES string of the molecule is C[C@@]1(C(=O)NC2CCCCCC2)Cn2c(cc3sccc32)C(=O)N1CCCN1CCCCC1. The lowest BCUT2D eigenvalue weighted by Crippen LogP contribution is -2.65. The number of nitrogens with one attached hydrogen (secondary N) is 1. The van der Waals surface area contributed by atoms with Gasteiger partial charge >= 0.3 is 0 Å². The van der Waals surface area contributed by atoms with Crippen molar-refractivity contribution >= 4 is 33.4 Å². The predicted molar refractivity (Wildman–Crippen MR) is 134 cm³/mol. The molecule has 2 aromatic heterocycles. The molecule has 2 fully saturated rings. The molecule has 2 aromatic rings. The smallest absolute Gasteiger partial charge is 0.271 e. The lowest BCUT2D eigenvalue weighted by Gasteiger charge is -2.45. The zero-order valence-corrected chi connectivity index (χ0v) is 20.8. The number of carbonyl (C=O) groups excluding carboxylic acids is 2. The van der Waals surface area contributed by atoms with Gasteiger partial charge in [-0.25, -0.2) is 0 Å². The summed E-state index contributed by atoms with van der Waals surface area (Å²) < 4.78 is 3.21. The van der Waals surface area contributed by atoms with Crippen LogP contribution in [0.5, 0.6) is 0 Å². The molecule has 1 aliphatic carbocycles. The molecule has 3 aliphatic rings. The molecule has 5 rings (SSSR count). The molecule has 2 amide bonds. The molecule has 6 nitrogen and oxygen atoms in total. The van der Waals surface area contributed by atoms with Crippen molar-refractivity contribution in [1.29, 1.82) is 0 Å². The Morgan fingerprint density at radius 1 is 1.09 bits per heavy atom. The third-order valence-corrected chi connectivity index (χ3v) is 8.89. The minimum Gasteiger partial charge on any atom is -0.351 e. The van der Waals surface area contributed by atoms with Crippen LogP contribution >= 0.6 is 11.3 Å². The van der Waals surface area contributed by atoms with Gasteiger partial charge < -0.3 is 19.7 Å². The van der Waals surface area contributed by atoms with E-state index in [1.54, 1.807) is 11.3 Å². The van der Waals surface area contributed by atoms with E-state index in [0.29, 0.717) is 13.1 Å².